The highest BCUT2D eigenvalue weighted by atomic mass is 16.4. The maximum absolute atomic E-state index is 13.0. The summed E-state index contributed by atoms with van der Waals surface area (Å²) >= 11 is 0. The number of nitrogens with two attached hydrogens (primary N) is 3. The second-order valence-corrected chi connectivity index (χ2v) is 10.3. The van der Waals surface area contributed by atoms with E-state index in [1.807, 2.05) is 0 Å². The molecule has 0 aliphatic heterocycles. The minimum absolute atomic E-state index is 0.0447. The molecule has 0 fully saturated rings. The average Bonchev–Trinajstić information content (AvgIpc) is 2.92. The fraction of sp³-hybridized carbons (Fsp3) is 0.680. The van der Waals surface area contributed by atoms with E-state index in [1.165, 1.54) is 6.92 Å². The summed E-state index contributed by atoms with van der Waals surface area (Å²) in [5, 5.41) is 39.3. The Hall–Kier alpha value is -4.52. The highest BCUT2D eigenvalue weighted by molar-refractivity contribution is 5.95. The third-order valence-electron chi connectivity index (χ3n) is 5.85. The topological polar surface area (TPSA) is 331 Å². The van der Waals surface area contributed by atoms with E-state index in [2.05, 4.69) is 31.6 Å². The summed E-state index contributed by atoms with van der Waals surface area (Å²) in [6, 6.07) is -6.44. The van der Waals surface area contributed by atoms with Crippen LogP contribution >= 0.6 is 0 Å². The third-order valence-corrected chi connectivity index (χ3v) is 5.85. The van der Waals surface area contributed by atoms with E-state index in [0.29, 0.717) is 0 Å². The number of guanidine groups is 1. The van der Waals surface area contributed by atoms with Gasteiger partial charge in [-0.05, 0) is 38.5 Å². The Morgan fingerprint density at radius 1 is 0.750 bits per heavy atom. The maximum Gasteiger partial charge on any atom is 0.326 e. The van der Waals surface area contributed by atoms with Gasteiger partial charge >= 0.3 is 11.9 Å². The lowest BCUT2D eigenvalue weighted by molar-refractivity contribution is -0.143. The van der Waals surface area contributed by atoms with Gasteiger partial charge in [0.25, 0.3) is 0 Å². The second-order valence-electron chi connectivity index (χ2n) is 10.3. The molecule has 19 nitrogen and oxygen atoms in total. The Morgan fingerprint density at radius 2 is 1.30 bits per heavy atom. The lowest BCUT2D eigenvalue weighted by Crippen LogP contribution is -2.57. The summed E-state index contributed by atoms with van der Waals surface area (Å²) in [6.45, 7) is 3.36. The van der Waals surface area contributed by atoms with Crippen molar-refractivity contribution in [3.63, 3.8) is 0 Å². The number of aliphatic hydroxyl groups is 1. The van der Waals surface area contributed by atoms with Crippen LogP contribution in [0.4, 0.5) is 0 Å². The summed E-state index contributed by atoms with van der Waals surface area (Å²) in [5.74, 6) is -7.16. The number of aliphatic hydroxyl groups excluding tert-OH is 1. The zero-order chi connectivity index (χ0) is 34.0. The number of carbonyl (C=O) groups is 7. The van der Waals surface area contributed by atoms with E-state index in [-0.39, 0.29) is 44.1 Å². The van der Waals surface area contributed by atoms with Crippen LogP contribution < -0.4 is 43.8 Å². The molecule has 0 aromatic heterocycles. The molecule has 0 bridgehead atoms. The van der Waals surface area contributed by atoms with E-state index in [0.717, 1.165) is 0 Å². The van der Waals surface area contributed by atoms with Crippen LogP contribution in [0.25, 0.3) is 0 Å². The van der Waals surface area contributed by atoms with Crippen LogP contribution in [-0.2, 0) is 33.6 Å². The first-order valence-corrected chi connectivity index (χ1v) is 13.8. The second kappa shape index (κ2) is 20.4. The first-order valence-electron chi connectivity index (χ1n) is 13.8. The number of amides is 5. The number of carbonyl (C=O) groups excluding carboxylic acids is 5. The molecule has 0 saturated carbocycles. The number of carboxylic acid groups (broad SMARTS) is 2. The lowest BCUT2D eigenvalue weighted by Gasteiger charge is -2.24. The monoisotopic (exact) mass is 631 g/mol. The van der Waals surface area contributed by atoms with E-state index < -0.39 is 91.3 Å². The van der Waals surface area contributed by atoms with E-state index >= 15 is 0 Å². The third kappa shape index (κ3) is 16.8. The van der Waals surface area contributed by atoms with Gasteiger partial charge in [-0.1, -0.05) is 13.8 Å². The molecule has 0 spiro atoms. The Bertz CT molecular complexity index is 1050. The Morgan fingerprint density at radius 3 is 1.80 bits per heavy atom. The highest BCUT2D eigenvalue weighted by Crippen LogP contribution is 2.06. The predicted molar refractivity (Wildman–Crippen MR) is 155 cm³/mol. The molecular weight excluding hydrogens is 586 g/mol. The molecule has 0 aromatic carbocycles. The van der Waals surface area contributed by atoms with Gasteiger partial charge in [-0.2, -0.15) is 0 Å². The van der Waals surface area contributed by atoms with Gasteiger partial charge in [-0.25, -0.2) is 4.79 Å². The zero-order valence-electron chi connectivity index (χ0n) is 25.0. The van der Waals surface area contributed by atoms with Crippen LogP contribution in [0.1, 0.15) is 52.9 Å². The zero-order valence-corrected chi connectivity index (χ0v) is 25.0. The quantitative estimate of drug-likeness (QED) is 0.0323. The van der Waals surface area contributed by atoms with Crippen molar-refractivity contribution in [3.8, 4) is 0 Å². The number of rotatable bonds is 21. The maximum atomic E-state index is 13.0. The van der Waals surface area contributed by atoms with Crippen molar-refractivity contribution in [3.05, 3.63) is 0 Å². The summed E-state index contributed by atoms with van der Waals surface area (Å²) in [4.78, 5) is 89.2. The molecule has 0 saturated heterocycles. The van der Waals surface area contributed by atoms with Crippen LogP contribution in [0, 0.1) is 5.92 Å². The fourth-order valence-electron chi connectivity index (χ4n) is 3.58. The van der Waals surface area contributed by atoms with Crippen molar-refractivity contribution >= 4 is 47.4 Å². The Kier molecular flexibility index (Phi) is 18.3. The molecule has 5 amide bonds. The summed E-state index contributed by atoms with van der Waals surface area (Å²) < 4.78 is 0. The number of nitrogens with one attached hydrogen (secondary N) is 5. The molecule has 0 aliphatic rings. The predicted octanol–water partition coefficient (Wildman–Crippen LogP) is -4.57. The van der Waals surface area contributed by atoms with Crippen molar-refractivity contribution in [2.45, 2.75) is 83.1 Å². The molecule has 0 radical (unpaired) electrons. The van der Waals surface area contributed by atoms with Crippen LogP contribution in [0.5, 0.6) is 0 Å². The number of aliphatic imine (C=N–C) groups is 1. The Balaban J connectivity index is 5.52. The molecule has 44 heavy (non-hydrogen) atoms. The van der Waals surface area contributed by atoms with E-state index in [4.69, 9.17) is 22.3 Å². The van der Waals surface area contributed by atoms with Crippen LogP contribution in [0.15, 0.2) is 4.99 Å². The molecule has 0 rings (SSSR count). The number of nitrogens with zero attached hydrogens (tertiary/aromatic N) is 1. The van der Waals surface area contributed by atoms with Gasteiger partial charge in [0.15, 0.2) is 5.96 Å². The van der Waals surface area contributed by atoms with E-state index in [9.17, 15) is 43.8 Å². The van der Waals surface area contributed by atoms with Gasteiger partial charge in [-0.15, -0.1) is 0 Å². The summed E-state index contributed by atoms with van der Waals surface area (Å²) in [5.41, 5.74) is 16.1. The average molecular weight is 632 g/mol. The van der Waals surface area contributed by atoms with Crippen molar-refractivity contribution in [2.75, 3.05) is 19.7 Å². The number of aliphatic carboxylic acids is 2. The van der Waals surface area contributed by atoms with Crippen molar-refractivity contribution in [1.29, 1.82) is 0 Å². The molecule has 0 heterocycles. The van der Waals surface area contributed by atoms with Gasteiger partial charge in [0, 0.05) is 13.0 Å². The van der Waals surface area contributed by atoms with Crippen molar-refractivity contribution in [1.82, 2.24) is 26.6 Å². The molecule has 0 aromatic rings. The minimum atomic E-state index is -1.52. The van der Waals surface area contributed by atoms with Crippen LogP contribution in [-0.4, -0.2) is 113 Å². The number of carboxylic acids is 2. The molecule has 0 unspecified atom stereocenters. The number of hydrogen-bond donors (Lipinski definition) is 11. The first-order chi connectivity index (χ1) is 20.5. The van der Waals surface area contributed by atoms with Gasteiger partial charge in [0.1, 0.15) is 24.2 Å². The Labute approximate surface area is 254 Å². The smallest absolute Gasteiger partial charge is 0.326 e. The summed E-state index contributed by atoms with van der Waals surface area (Å²) in [6.07, 6.45) is -0.553. The summed E-state index contributed by atoms with van der Waals surface area (Å²) in [7, 11) is 0. The molecule has 19 heteroatoms. The van der Waals surface area contributed by atoms with Gasteiger partial charge in [0.05, 0.1) is 19.2 Å². The normalized spacial score (nSPS) is 14.1. The number of hydrogen-bond acceptors (Lipinski definition) is 10. The van der Waals surface area contributed by atoms with Gasteiger partial charge in [-0.3, -0.25) is 33.8 Å². The largest absolute Gasteiger partial charge is 0.481 e. The SMILES string of the molecule is CC(C)C[C@H](NC(=O)[C@H](CO)NC(=O)CNC(=O)[C@H](CCCN=C(N)N)NC(=O)[C@H](CCC(=O)O)NC(=O)[C@H](C)N)C(=O)O. The van der Waals surface area contributed by atoms with Crippen LogP contribution in [0.2, 0.25) is 0 Å². The minimum Gasteiger partial charge on any atom is -0.481 e. The van der Waals surface area contributed by atoms with Gasteiger partial charge in [0.2, 0.25) is 29.5 Å². The molecule has 250 valence electrons. The highest BCUT2D eigenvalue weighted by Gasteiger charge is 2.29. The molecular formula is C25H45N9O10. The van der Waals surface area contributed by atoms with E-state index in [1.54, 1.807) is 13.8 Å². The van der Waals surface area contributed by atoms with Crippen molar-refractivity contribution < 1.29 is 48.9 Å². The van der Waals surface area contributed by atoms with Crippen LogP contribution in [0.3, 0.4) is 0 Å². The molecule has 5 atom stereocenters. The first kappa shape index (κ1) is 39.5. The van der Waals surface area contributed by atoms with Crippen molar-refractivity contribution in [2.24, 2.45) is 28.1 Å². The fourth-order valence-corrected chi connectivity index (χ4v) is 3.58. The standard InChI is InChI=1S/C25H45N9O10/c1-12(2)9-16(24(43)44)34-23(42)17(11-35)31-18(36)10-30-21(40)14(5-4-8-29-25(27)28)33-22(41)15(6-7-19(37)38)32-20(39)13(3)26/h12-17,35H,4-11,26H2,1-3H3,(H,30,40)(H,31,36)(H,32,39)(H,33,41)(H,34,42)(H,37,38)(H,43,44)(H4,27,28,29)/t13-,14-,15-,16-,17-/m0/s1. The molecule has 0 aliphatic carbocycles. The lowest BCUT2D eigenvalue weighted by atomic mass is 10.0. The molecule has 14 N–H and O–H groups in total. The van der Waals surface area contributed by atoms with Gasteiger partial charge < -0.3 is 59.1 Å².